The van der Waals surface area contributed by atoms with Crippen molar-refractivity contribution in [3.63, 3.8) is 0 Å². The van der Waals surface area contributed by atoms with Crippen LogP contribution in [0.3, 0.4) is 0 Å². The largest absolute Gasteiger partial charge is 0.480 e. The molecule has 0 fully saturated rings. The number of amides is 2. The van der Waals surface area contributed by atoms with Crippen molar-refractivity contribution >= 4 is 36.4 Å². The Bertz CT molecular complexity index is 363. The molecule has 0 radical (unpaired) electrons. The van der Waals surface area contributed by atoms with Gasteiger partial charge in [-0.1, -0.05) is 0 Å². The van der Waals surface area contributed by atoms with Crippen molar-refractivity contribution in [1.82, 2.24) is 5.32 Å². The molecule has 0 saturated heterocycles. The first kappa shape index (κ1) is 20.5. The Morgan fingerprint density at radius 3 is 1.90 bits per heavy atom. The van der Waals surface area contributed by atoms with Crippen LogP contribution in [0.1, 0.15) is 19.8 Å². The van der Waals surface area contributed by atoms with Gasteiger partial charge in [0.15, 0.2) is 0 Å². The van der Waals surface area contributed by atoms with Gasteiger partial charge in [-0.15, -0.1) is 0 Å². The molecule has 20 heavy (non-hydrogen) atoms. The molecule has 0 aromatic heterocycles. The lowest BCUT2D eigenvalue weighted by Gasteiger charge is -2.08. The number of carbonyl (C=O) groups excluding carboxylic acids is 2. The third-order valence-corrected chi connectivity index (χ3v) is 2.24. The average Bonchev–Trinajstić information content (AvgIpc) is 2.32. The molecule has 0 heterocycles. The zero-order valence-electron chi connectivity index (χ0n) is 10.9. The van der Waals surface area contributed by atoms with E-state index in [-0.39, 0.29) is 24.5 Å². The Morgan fingerprint density at radius 1 is 1.20 bits per heavy atom. The van der Waals surface area contributed by atoms with Crippen molar-refractivity contribution in [2.75, 3.05) is 5.75 Å². The summed E-state index contributed by atoms with van der Waals surface area (Å²) in [6.45, 7) is 1.26. The molecule has 0 aliphatic carbocycles. The molecular formula is C10H19N3O6S. The molecule has 2 atom stereocenters. The van der Waals surface area contributed by atoms with Crippen LogP contribution < -0.4 is 16.8 Å². The summed E-state index contributed by atoms with van der Waals surface area (Å²) >= 11 is 3.73. The van der Waals surface area contributed by atoms with Gasteiger partial charge >= 0.3 is 11.9 Å². The maximum absolute atomic E-state index is 10.3. The predicted octanol–water partition coefficient (Wildman–Crippen LogP) is -1.83. The third kappa shape index (κ3) is 12.6. The fraction of sp³-hybridized carbons (Fsp3) is 0.600. The van der Waals surface area contributed by atoms with Crippen LogP contribution in [0.4, 0.5) is 0 Å². The van der Waals surface area contributed by atoms with Crippen molar-refractivity contribution in [1.29, 1.82) is 0 Å². The van der Waals surface area contributed by atoms with Crippen LogP contribution in [-0.2, 0) is 19.2 Å². The molecule has 7 N–H and O–H groups in total. The third-order valence-electron chi connectivity index (χ3n) is 1.88. The molecule has 0 rings (SSSR count). The minimum Gasteiger partial charge on any atom is -0.480 e. The van der Waals surface area contributed by atoms with E-state index in [9.17, 15) is 19.2 Å². The number of nitrogens with two attached hydrogens (primary N) is 2. The number of aliphatic carboxylic acids is 2. The maximum atomic E-state index is 10.3. The number of carboxylic acid groups (broad SMARTS) is 2. The average molecular weight is 309 g/mol. The van der Waals surface area contributed by atoms with E-state index in [0.29, 0.717) is 0 Å². The van der Waals surface area contributed by atoms with Crippen molar-refractivity contribution in [3.05, 3.63) is 0 Å². The number of primary amides is 1. The number of rotatable bonds is 7. The fourth-order valence-electron chi connectivity index (χ4n) is 0.852. The van der Waals surface area contributed by atoms with Gasteiger partial charge in [0, 0.05) is 19.1 Å². The highest BCUT2D eigenvalue weighted by Gasteiger charge is 2.15. The summed E-state index contributed by atoms with van der Waals surface area (Å²) < 4.78 is 0. The van der Waals surface area contributed by atoms with Crippen molar-refractivity contribution in [2.45, 2.75) is 31.8 Å². The molecule has 0 aromatic carbocycles. The molecular weight excluding hydrogens is 290 g/mol. The Morgan fingerprint density at radius 2 is 1.70 bits per heavy atom. The van der Waals surface area contributed by atoms with Gasteiger partial charge in [0.05, 0.1) is 0 Å². The molecule has 2 amide bonds. The molecule has 0 aliphatic heterocycles. The summed E-state index contributed by atoms with van der Waals surface area (Å²) in [6, 6.07) is -1.85. The standard InChI is InChI=1S/C5H10N2O3.C5H9NO3S/c6-3(5(9)10)1-2-4(7)8;1-3(7)6-4(2-10)5(8)9/h3H,1-2,6H2,(H2,7,8)(H,9,10);4,10H,2H2,1H3,(H,6,7)(H,8,9)/t3-;4-/m00/s1. The van der Waals surface area contributed by atoms with Gasteiger partial charge in [0.2, 0.25) is 11.8 Å². The summed E-state index contributed by atoms with van der Waals surface area (Å²) in [4.78, 5) is 40.6. The van der Waals surface area contributed by atoms with E-state index in [2.05, 4.69) is 17.9 Å². The second-order valence-corrected chi connectivity index (χ2v) is 4.09. The molecule has 0 unspecified atom stereocenters. The van der Waals surface area contributed by atoms with Gasteiger partial charge in [-0.05, 0) is 6.42 Å². The molecule has 0 bridgehead atoms. The minimum atomic E-state index is -1.11. The van der Waals surface area contributed by atoms with Crippen molar-refractivity contribution < 1.29 is 29.4 Å². The number of thiol groups is 1. The second-order valence-electron chi connectivity index (χ2n) is 3.72. The first-order valence-electron chi connectivity index (χ1n) is 5.49. The lowest BCUT2D eigenvalue weighted by molar-refractivity contribution is -0.141. The van der Waals surface area contributed by atoms with Gasteiger partial charge in [-0.25, -0.2) is 4.79 Å². The Hall–Kier alpha value is -1.81. The first-order chi connectivity index (χ1) is 9.11. The lowest BCUT2D eigenvalue weighted by atomic mass is 10.2. The summed E-state index contributed by atoms with van der Waals surface area (Å²) in [5.41, 5.74) is 9.81. The monoisotopic (exact) mass is 309 g/mol. The highest BCUT2D eigenvalue weighted by atomic mass is 32.1. The smallest absolute Gasteiger partial charge is 0.327 e. The van der Waals surface area contributed by atoms with E-state index in [1.54, 1.807) is 0 Å². The SMILES string of the molecule is CC(=O)N[C@@H](CS)C(=O)O.NC(=O)CC[C@H](N)C(=O)O. The lowest BCUT2D eigenvalue weighted by Crippen LogP contribution is -2.40. The molecule has 0 aromatic rings. The van der Waals surface area contributed by atoms with Crippen molar-refractivity contribution in [3.8, 4) is 0 Å². The highest BCUT2D eigenvalue weighted by molar-refractivity contribution is 7.80. The van der Waals surface area contributed by atoms with Crippen LogP contribution >= 0.6 is 12.6 Å². The zero-order valence-corrected chi connectivity index (χ0v) is 11.8. The zero-order chi connectivity index (χ0) is 16.3. The fourth-order valence-corrected chi connectivity index (χ4v) is 1.10. The van der Waals surface area contributed by atoms with Gasteiger partial charge in [-0.2, -0.15) is 12.6 Å². The van der Waals surface area contributed by atoms with Crippen molar-refractivity contribution in [2.24, 2.45) is 11.5 Å². The Kier molecular flexibility index (Phi) is 11.3. The van der Waals surface area contributed by atoms with Crippen LogP contribution in [-0.4, -0.2) is 51.8 Å². The Labute approximate surface area is 121 Å². The molecule has 0 saturated carbocycles. The van der Waals surface area contributed by atoms with Gasteiger partial charge in [0.1, 0.15) is 12.1 Å². The van der Waals surface area contributed by atoms with E-state index in [4.69, 9.17) is 21.7 Å². The van der Waals surface area contributed by atoms with Crippen LogP contribution in [0.15, 0.2) is 0 Å². The van der Waals surface area contributed by atoms with Gasteiger partial charge in [0.25, 0.3) is 0 Å². The summed E-state index contributed by atoms with van der Waals surface area (Å²) in [7, 11) is 0. The quantitative estimate of drug-likeness (QED) is 0.300. The Balaban J connectivity index is 0. The van der Waals surface area contributed by atoms with Crippen LogP contribution in [0.2, 0.25) is 0 Å². The minimum absolute atomic E-state index is 0.0213. The molecule has 0 spiro atoms. The predicted molar refractivity (Wildman–Crippen MR) is 73.1 cm³/mol. The number of nitrogens with one attached hydrogen (secondary N) is 1. The van der Waals surface area contributed by atoms with E-state index in [0.717, 1.165) is 0 Å². The van der Waals surface area contributed by atoms with E-state index in [1.165, 1.54) is 6.92 Å². The summed E-state index contributed by atoms with van der Waals surface area (Å²) in [5, 5.41) is 18.8. The number of carbonyl (C=O) groups is 4. The van der Waals surface area contributed by atoms with Crippen LogP contribution in [0.25, 0.3) is 0 Å². The first-order valence-corrected chi connectivity index (χ1v) is 6.12. The van der Waals surface area contributed by atoms with E-state index >= 15 is 0 Å². The maximum Gasteiger partial charge on any atom is 0.327 e. The highest BCUT2D eigenvalue weighted by Crippen LogP contribution is 1.92. The number of carboxylic acids is 2. The summed E-state index contributed by atoms with van der Waals surface area (Å²) in [6.07, 6.45) is 0.123. The molecule has 10 heteroatoms. The van der Waals surface area contributed by atoms with E-state index < -0.39 is 29.9 Å². The van der Waals surface area contributed by atoms with Gasteiger partial charge < -0.3 is 27.0 Å². The van der Waals surface area contributed by atoms with Crippen LogP contribution in [0, 0.1) is 0 Å². The van der Waals surface area contributed by atoms with Gasteiger partial charge in [-0.3, -0.25) is 14.4 Å². The molecule has 116 valence electrons. The topological polar surface area (TPSA) is 173 Å². The summed E-state index contributed by atoms with van der Waals surface area (Å²) in [5.74, 6) is -2.96. The molecule has 0 aliphatic rings. The number of hydrogen-bond donors (Lipinski definition) is 6. The van der Waals surface area contributed by atoms with E-state index in [1.807, 2.05) is 0 Å². The second kappa shape index (κ2) is 11.1. The normalized spacial score (nSPS) is 12.3. The molecule has 9 nitrogen and oxygen atoms in total. The number of hydrogen-bond acceptors (Lipinski definition) is 6. The van der Waals surface area contributed by atoms with Crippen LogP contribution in [0.5, 0.6) is 0 Å².